The molecule has 11 heavy (non-hydrogen) atoms. The summed E-state index contributed by atoms with van der Waals surface area (Å²) in [6, 6.07) is 0.117. The van der Waals surface area contributed by atoms with Crippen molar-refractivity contribution in [3.8, 4) is 0 Å². The van der Waals surface area contributed by atoms with E-state index in [0.29, 0.717) is 6.54 Å². The maximum Gasteiger partial charge on any atom is 0.407 e. The lowest BCUT2D eigenvalue weighted by molar-refractivity contribution is 0.117. The molecule has 2 N–H and O–H groups in total. The van der Waals surface area contributed by atoms with Crippen LogP contribution in [0.15, 0.2) is 0 Å². The van der Waals surface area contributed by atoms with Crippen LogP contribution in [0.2, 0.25) is 0 Å². The fourth-order valence-electron chi connectivity index (χ4n) is 1.13. The lowest BCUT2D eigenvalue weighted by Gasteiger charge is -2.31. The molecule has 5 heteroatoms. The molecule has 0 aromatic carbocycles. The molecule has 0 aliphatic carbocycles. The Hall–Kier alpha value is -0.480. The van der Waals surface area contributed by atoms with Crippen molar-refractivity contribution >= 4 is 18.5 Å². The van der Waals surface area contributed by atoms with E-state index in [1.165, 1.54) is 4.90 Å². The van der Waals surface area contributed by atoms with Crippen LogP contribution in [-0.2, 0) is 0 Å². The molecule has 0 unspecified atom stereocenters. The van der Waals surface area contributed by atoms with Gasteiger partial charge in [0.2, 0.25) is 0 Å². The Morgan fingerprint density at radius 3 is 2.73 bits per heavy atom. The minimum Gasteiger partial charge on any atom is -0.465 e. The van der Waals surface area contributed by atoms with Gasteiger partial charge in [0.1, 0.15) is 0 Å². The third-order valence-corrected chi connectivity index (χ3v) is 1.75. The summed E-state index contributed by atoms with van der Waals surface area (Å²) in [5, 5.41) is 11.7. The van der Waals surface area contributed by atoms with Crippen molar-refractivity contribution < 1.29 is 9.90 Å². The summed E-state index contributed by atoms with van der Waals surface area (Å²) < 4.78 is 0. The van der Waals surface area contributed by atoms with Crippen molar-refractivity contribution in [1.29, 1.82) is 0 Å². The molecule has 0 bridgehead atoms. The number of nitrogens with one attached hydrogen (secondary N) is 1. The van der Waals surface area contributed by atoms with E-state index in [1.54, 1.807) is 0 Å². The van der Waals surface area contributed by atoms with E-state index < -0.39 is 6.09 Å². The van der Waals surface area contributed by atoms with Gasteiger partial charge in [-0.1, -0.05) is 0 Å². The standard InChI is InChI=1S/C6H12N2O2.ClH/c1-5-4-7-2-3-8(5)6(9)10;/h5,7H,2-4H2,1H3,(H,9,10);1H/t5-;/m1./s1. The Labute approximate surface area is 72.0 Å². The third kappa shape index (κ3) is 2.55. The van der Waals surface area contributed by atoms with Crippen molar-refractivity contribution in [2.24, 2.45) is 0 Å². The number of hydrogen-bond donors (Lipinski definition) is 2. The van der Waals surface area contributed by atoms with Gasteiger partial charge in [-0.3, -0.25) is 0 Å². The molecular formula is C6H13ClN2O2. The van der Waals surface area contributed by atoms with Gasteiger partial charge in [-0.2, -0.15) is 0 Å². The number of hydrogen-bond acceptors (Lipinski definition) is 2. The van der Waals surface area contributed by atoms with Gasteiger partial charge in [0.15, 0.2) is 0 Å². The van der Waals surface area contributed by atoms with Crippen molar-refractivity contribution in [3.63, 3.8) is 0 Å². The molecule has 1 fully saturated rings. The SMILES string of the molecule is C[C@@H]1CNCCN1C(=O)O.Cl. The zero-order chi connectivity index (χ0) is 7.56. The molecule has 1 aliphatic heterocycles. The first-order valence-corrected chi connectivity index (χ1v) is 3.42. The number of nitrogens with zero attached hydrogens (tertiary/aromatic N) is 1. The second kappa shape index (κ2) is 4.41. The summed E-state index contributed by atoms with van der Waals surface area (Å²) in [6.45, 7) is 4.06. The van der Waals surface area contributed by atoms with Crippen molar-refractivity contribution in [3.05, 3.63) is 0 Å². The smallest absolute Gasteiger partial charge is 0.407 e. The topological polar surface area (TPSA) is 52.6 Å². The average Bonchev–Trinajstić information content (AvgIpc) is 1.88. The second-order valence-corrected chi connectivity index (χ2v) is 2.53. The number of piperazine rings is 1. The molecule has 1 rings (SSSR count). The summed E-state index contributed by atoms with van der Waals surface area (Å²) >= 11 is 0. The zero-order valence-corrected chi connectivity index (χ0v) is 7.23. The van der Waals surface area contributed by atoms with Crippen LogP contribution in [-0.4, -0.2) is 41.8 Å². The number of halogens is 1. The predicted octanol–water partition coefficient (Wildman–Crippen LogP) is 0.380. The summed E-state index contributed by atoms with van der Waals surface area (Å²) in [7, 11) is 0. The molecule has 1 heterocycles. The summed E-state index contributed by atoms with van der Waals surface area (Å²) in [6.07, 6.45) is -0.811. The molecule has 1 aliphatic rings. The molecule has 66 valence electrons. The van der Waals surface area contributed by atoms with Crippen LogP contribution in [0.25, 0.3) is 0 Å². The highest BCUT2D eigenvalue weighted by molar-refractivity contribution is 5.85. The molecule has 1 saturated heterocycles. The van der Waals surface area contributed by atoms with E-state index >= 15 is 0 Å². The maximum atomic E-state index is 10.5. The van der Waals surface area contributed by atoms with Gasteiger partial charge in [0.25, 0.3) is 0 Å². The first kappa shape index (κ1) is 10.5. The monoisotopic (exact) mass is 180 g/mol. The van der Waals surface area contributed by atoms with Crippen LogP contribution in [0.5, 0.6) is 0 Å². The number of carboxylic acid groups (broad SMARTS) is 1. The summed E-state index contributed by atoms with van der Waals surface area (Å²) in [5.74, 6) is 0. The molecule has 1 amide bonds. The summed E-state index contributed by atoms with van der Waals surface area (Å²) in [5.41, 5.74) is 0. The van der Waals surface area contributed by atoms with E-state index in [2.05, 4.69) is 5.32 Å². The quantitative estimate of drug-likeness (QED) is 0.567. The number of amides is 1. The summed E-state index contributed by atoms with van der Waals surface area (Å²) in [4.78, 5) is 11.9. The van der Waals surface area contributed by atoms with E-state index in [9.17, 15) is 4.79 Å². The van der Waals surface area contributed by atoms with Gasteiger partial charge in [-0.15, -0.1) is 12.4 Å². The highest BCUT2D eigenvalue weighted by Crippen LogP contribution is 2.01. The Kier molecular flexibility index (Phi) is 4.22. The lowest BCUT2D eigenvalue weighted by Crippen LogP contribution is -2.51. The van der Waals surface area contributed by atoms with E-state index in [4.69, 9.17) is 5.11 Å². The van der Waals surface area contributed by atoms with Gasteiger partial charge >= 0.3 is 6.09 Å². The fraction of sp³-hybridized carbons (Fsp3) is 0.833. The van der Waals surface area contributed by atoms with Crippen LogP contribution in [0.3, 0.4) is 0 Å². The van der Waals surface area contributed by atoms with Gasteiger partial charge < -0.3 is 15.3 Å². The predicted molar refractivity (Wildman–Crippen MR) is 44.3 cm³/mol. The van der Waals surface area contributed by atoms with Crippen LogP contribution in [0.1, 0.15) is 6.92 Å². The molecule has 0 aromatic heterocycles. The lowest BCUT2D eigenvalue weighted by atomic mass is 10.2. The third-order valence-electron chi connectivity index (χ3n) is 1.75. The largest absolute Gasteiger partial charge is 0.465 e. The maximum absolute atomic E-state index is 10.5. The second-order valence-electron chi connectivity index (χ2n) is 2.53. The van der Waals surface area contributed by atoms with Gasteiger partial charge in [-0.05, 0) is 6.92 Å². The van der Waals surface area contributed by atoms with Gasteiger partial charge in [0, 0.05) is 25.7 Å². The number of carbonyl (C=O) groups is 1. The van der Waals surface area contributed by atoms with Gasteiger partial charge in [-0.25, -0.2) is 4.79 Å². The normalized spacial score (nSPS) is 24.1. The van der Waals surface area contributed by atoms with Crippen LogP contribution in [0.4, 0.5) is 4.79 Å². The minimum absolute atomic E-state index is 0. The van der Waals surface area contributed by atoms with Crippen LogP contribution < -0.4 is 5.32 Å². The highest BCUT2D eigenvalue weighted by Gasteiger charge is 2.21. The molecule has 1 atom stereocenters. The first-order chi connectivity index (χ1) is 4.72. The molecule has 0 saturated carbocycles. The van der Waals surface area contributed by atoms with E-state index in [-0.39, 0.29) is 18.4 Å². The Balaban J connectivity index is 0.000001000. The molecule has 4 nitrogen and oxygen atoms in total. The Morgan fingerprint density at radius 1 is 1.73 bits per heavy atom. The number of rotatable bonds is 0. The van der Waals surface area contributed by atoms with Crippen molar-refractivity contribution in [2.45, 2.75) is 13.0 Å². The van der Waals surface area contributed by atoms with Crippen molar-refractivity contribution in [2.75, 3.05) is 19.6 Å². The van der Waals surface area contributed by atoms with Gasteiger partial charge in [0.05, 0.1) is 0 Å². The minimum atomic E-state index is -0.811. The fourth-order valence-corrected chi connectivity index (χ4v) is 1.13. The molecule has 0 radical (unpaired) electrons. The van der Waals surface area contributed by atoms with Crippen LogP contribution in [0, 0.1) is 0 Å². The highest BCUT2D eigenvalue weighted by atomic mass is 35.5. The van der Waals surface area contributed by atoms with E-state index in [1.807, 2.05) is 6.92 Å². The molecule has 0 aromatic rings. The Bertz CT molecular complexity index is 143. The van der Waals surface area contributed by atoms with E-state index in [0.717, 1.165) is 13.1 Å². The van der Waals surface area contributed by atoms with Crippen LogP contribution >= 0.6 is 12.4 Å². The van der Waals surface area contributed by atoms with Crippen molar-refractivity contribution in [1.82, 2.24) is 10.2 Å². The first-order valence-electron chi connectivity index (χ1n) is 3.42. The average molecular weight is 181 g/mol. The zero-order valence-electron chi connectivity index (χ0n) is 6.41. The molecule has 0 spiro atoms. The Morgan fingerprint density at radius 2 is 2.36 bits per heavy atom. The molecular weight excluding hydrogens is 168 g/mol.